The van der Waals surface area contributed by atoms with Crippen molar-refractivity contribution in [3.05, 3.63) is 11.9 Å². The Labute approximate surface area is 124 Å². The molecule has 0 amide bonds. The molecule has 0 N–H and O–H groups in total. The number of halogens is 4. The molecule has 20 heavy (non-hydrogen) atoms. The van der Waals surface area contributed by atoms with Gasteiger partial charge in [0.05, 0.1) is 13.2 Å². The minimum atomic E-state index is -4.03. The zero-order valence-electron chi connectivity index (χ0n) is 10.7. The summed E-state index contributed by atoms with van der Waals surface area (Å²) in [5, 5.41) is -4.03. The van der Waals surface area contributed by atoms with Crippen LogP contribution in [-0.4, -0.2) is 42.2 Å². The maximum absolute atomic E-state index is 13.4. The molecule has 116 valence electrons. The molecule has 2 unspecified atom stereocenters. The summed E-state index contributed by atoms with van der Waals surface area (Å²) >= 11 is 5.88. The Morgan fingerprint density at radius 2 is 2.25 bits per heavy atom. The van der Waals surface area contributed by atoms with Crippen LogP contribution >= 0.6 is 23.4 Å². The predicted molar refractivity (Wildman–Crippen MR) is 70.7 cm³/mol. The first kappa shape index (κ1) is 16.4. The molecule has 2 aliphatic rings. The molecule has 2 fully saturated rings. The fourth-order valence-corrected chi connectivity index (χ4v) is 3.08. The van der Waals surface area contributed by atoms with Crippen molar-refractivity contribution in [1.29, 1.82) is 0 Å². The number of alkyl halides is 3. The van der Waals surface area contributed by atoms with Crippen LogP contribution in [0.4, 0.5) is 13.2 Å². The number of hydrogen-bond acceptors (Lipinski definition) is 4. The second kappa shape index (κ2) is 6.87. The molecule has 0 radical (unpaired) electrons. The second-order valence-corrected chi connectivity index (χ2v) is 6.47. The third-order valence-corrected chi connectivity index (χ3v) is 4.40. The van der Waals surface area contributed by atoms with Gasteiger partial charge in [-0.05, 0) is 36.9 Å². The summed E-state index contributed by atoms with van der Waals surface area (Å²) in [5.41, 5.74) is 0. The standard InChI is InChI=1S/C12H16ClF3O3S/c13-12(15,16)9(14)7-11(19-5-6-20-11)8-18-10-3-1-2-4-17-10/h7,10H,1-6,8H2/b9-7-. The minimum absolute atomic E-state index is 0.0529. The molecule has 2 rings (SSSR count). The highest BCUT2D eigenvalue weighted by molar-refractivity contribution is 8.00. The Bertz CT molecular complexity index is 350. The zero-order chi connectivity index (χ0) is 14.6. The van der Waals surface area contributed by atoms with Crippen molar-refractivity contribution in [2.75, 3.05) is 25.6 Å². The zero-order valence-corrected chi connectivity index (χ0v) is 12.3. The Kier molecular flexibility index (Phi) is 5.64. The largest absolute Gasteiger partial charge is 0.373 e. The smallest absolute Gasteiger partial charge is 0.357 e. The monoisotopic (exact) mass is 332 g/mol. The van der Waals surface area contributed by atoms with Crippen molar-refractivity contribution in [3.8, 4) is 0 Å². The predicted octanol–water partition coefficient (Wildman–Crippen LogP) is 3.67. The van der Waals surface area contributed by atoms with Crippen LogP contribution in [0.1, 0.15) is 19.3 Å². The first-order valence-corrected chi connectivity index (χ1v) is 7.74. The lowest BCUT2D eigenvalue weighted by molar-refractivity contribution is -0.177. The van der Waals surface area contributed by atoms with E-state index in [1.165, 1.54) is 11.8 Å². The van der Waals surface area contributed by atoms with Gasteiger partial charge in [-0.1, -0.05) is 0 Å². The molecule has 0 bridgehead atoms. The van der Waals surface area contributed by atoms with Crippen molar-refractivity contribution in [1.82, 2.24) is 0 Å². The number of allylic oxidation sites excluding steroid dienone is 1. The Morgan fingerprint density at radius 1 is 1.45 bits per heavy atom. The van der Waals surface area contributed by atoms with Crippen LogP contribution in [0, 0.1) is 0 Å². The quantitative estimate of drug-likeness (QED) is 0.718. The van der Waals surface area contributed by atoms with Gasteiger partial charge in [-0.2, -0.15) is 8.78 Å². The molecule has 0 spiro atoms. The molecule has 0 aromatic rings. The van der Waals surface area contributed by atoms with E-state index < -0.39 is 22.4 Å². The van der Waals surface area contributed by atoms with Gasteiger partial charge < -0.3 is 14.2 Å². The van der Waals surface area contributed by atoms with Crippen LogP contribution in [0.2, 0.25) is 0 Å². The van der Waals surface area contributed by atoms with Gasteiger partial charge in [0, 0.05) is 12.4 Å². The van der Waals surface area contributed by atoms with E-state index in [4.69, 9.17) is 14.2 Å². The highest BCUT2D eigenvalue weighted by Crippen LogP contribution is 2.40. The Morgan fingerprint density at radius 3 is 2.80 bits per heavy atom. The molecule has 3 nitrogen and oxygen atoms in total. The Hall–Kier alpha value is 0.0500. The van der Waals surface area contributed by atoms with E-state index in [1.807, 2.05) is 0 Å². The average molecular weight is 333 g/mol. The van der Waals surface area contributed by atoms with Crippen molar-refractivity contribution in [2.45, 2.75) is 35.9 Å². The maximum Gasteiger partial charge on any atom is 0.373 e. The molecule has 2 atom stereocenters. The van der Waals surface area contributed by atoms with Crippen molar-refractivity contribution in [2.24, 2.45) is 0 Å². The van der Waals surface area contributed by atoms with Crippen molar-refractivity contribution < 1.29 is 27.4 Å². The maximum atomic E-state index is 13.4. The third kappa shape index (κ3) is 4.53. The first-order valence-electron chi connectivity index (χ1n) is 6.38. The van der Waals surface area contributed by atoms with Crippen LogP contribution in [-0.2, 0) is 14.2 Å². The molecular weight excluding hydrogens is 317 g/mol. The molecule has 0 saturated carbocycles. The van der Waals surface area contributed by atoms with E-state index in [-0.39, 0.29) is 6.61 Å². The van der Waals surface area contributed by atoms with E-state index in [0.29, 0.717) is 25.0 Å². The van der Waals surface area contributed by atoms with E-state index in [2.05, 4.69) is 11.6 Å². The number of thioether (sulfide) groups is 1. The summed E-state index contributed by atoms with van der Waals surface area (Å²) in [6.07, 6.45) is 3.01. The van der Waals surface area contributed by atoms with E-state index in [1.54, 1.807) is 0 Å². The third-order valence-electron chi connectivity index (χ3n) is 3.00. The fourth-order valence-electron chi connectivity index (χ4n) is 2.01. The van der Waals surface area contributed by atoms with Gasteiger partial charge >= 0.3 is 5.38 Å². The van der Waals surface area contributed by atoms with Crippen LogP contribution in [0.5, 0.6) is 0 Å². The molecular formula is C12H16ClF3O3S. The summed E-state index contributed by atoms with van der Waals surface area (Å²) in [6, 6.07) is 0. The lowest BCUT2D eigenvalue weighted by Crippen LogP contribution is -2.34. The first-order chi connectivity index (χ1) is 9.41. The van der Waals surface area contributed by atoms with Gasteiger partial charge in [0.1, 0.15) is 0 Å². The normalized spacial score (nSPS) is 32.6. The lowest BCUT2D eigenvalue weighted by atomic mass is 10.2. The van der Waals surface area contributed by atoms with Crippen LogP contribution in [0.25, 0.3) is 0 Å². The van der Waals surface area contributed by atoms with Gasteiger partial charge in [0.15, 0.2) is 17.0 Å². The number of hydrogen-bond donors (Lipinski definition) is 0. The summed E-state index contributed by atoms with van der Waals surface area (Å²) in [7, 11) is 0. The molecule has 0 aromatic heterocycles. The van der Waals surface area contributed by atoms with E-state index in [9.17, 15) is 13.2 Å². The summed E-state index contributed by atoms with van der Waals surface area (Å²) in [6.45, 7) is 0.898. The topological polar surface area (TPSA) is 27.7 Å². The van der Waals surface area contributed by atoms with Gasteiger partial charge in [-0.25, -0.2) is 4.39 Å². The van der Waals surface area contributed by atoms with Crippen molar-refractivity contribution in [3.63, 3.8) is 0 Å². The summed E-state index contributed by atoms with van der Waals surface area (Å²) in [5.74, 6) is -1.14. The van der Waals surface area contributed by atoms with Crippen LogP contribution in [0.15, 0.2) is 11.9 Å². The highest BCUT2D eigenvalue weighted by Gasteiger charge is 2.41. The van der Waals surface area contributed by atoms with E-state index >= 15 is 0 Å². The molecule has 2 heterocycles. The summed E-state index contributed by atoms with van der Waals surface area (Å²) < 4.78 is 55.1. The fraction of sp³-hybridized carbons (Fsp3) is 0.833. The highest BCUT2D eigenvalue weighted by atomic mass is 35.5. The van der Waals surface area contributed by atoms with Gasteiger partial charge in [-0.3, -0.25) is 0 Å². The average Bonchev–Trinajstić information content (AvgIpc) is 2.86. The second-order valence-electron chi connectivity index (χ2n) is 4.61. The van der Waals surface area contributed by atoms with Crippen molar-refractivity contribution >= 4 is 23.4 Å². The summed E-state index contributed by atoms with van der Waals surface area (Å²) in [4.78, 5) is -1.26. The van der Waals surface area contributed by atoms with Gasteiger partial charge in [0.2, 0.25) is 0 Å². The molecule has 0 aliphatic carbocycles. The lowest BCUT2D eigenvalue weighted by Gasteiger charge is -2.29. The van der Waals surface area contributed by atoms with Crippen LogP contribution in [0.3, 0.4) is 0 Å². The molecule has 2 saturated heterocycles. The molecule has 2 aliphatic heterocycles. The minimum Gasteiger partial charge on any atom is -0.357 e. The van der Waals surface area contributed by atoms with E-state index in [0.717, 1.165) is 19.3 Å². The SMILES string of the molecule is F/C(=C\C1(COC2CCCCO2)OCCS1)C(F)(F)Cl. The van der Waals surface area contributed by atoms with Gasteiger partial charge in [-0.15, -0.1) is 11.8 Å². The number of ether oxygens (including phenoxy) is 3. The van der Waals surface area contributed by atoms with Gasteiger partial charge in [0.25, 0.3) is 0 Å². The molecule has 0 aromatic carbocycles. The Balaban J connectivity index is 1.98. The molecule has 8 heteroatoms. The van der Waals surface area contributed by atoms with Crippen LogP contribution < -0.4 is 0 Å². The number of rotatable bonds is 5.